The zero-order valence-corrected chi connectivity index (χ0v) is 13.8. The predicted octanol–water partition coefficient (Wildman–Crippen LogP) is 1.57. The first-order valence-electron chi connectivity index (χ1n) is 6.14. The highest BCUT2D eigenvalue weighted by molar-refractivity contribution is 7.83. The van der Waals surface area contributed by atoms with Gasteiger partial charge in [0.25, 0.3) is 0 Å². The van der Waals surface area contributed by atoms with Crippen molar-refractivity contribution in [3.8, 4) is 0 Å². The predicted molar refractivity (Wildman–Crippen MR) is 84.4 cm³/mol. The lowest BCUT2D eigenvalue weighted by molar-refractivity contribution is 0.335. The van der Waals surface area contributed by atoms with E-state index in [2.05, 4.69) is 12.6 Å². The van der Waals surface area contributed by atoms with Crippen LogP contribution in [0.25, 0.3) is 0 Å². The Kier molecular flexibility index (Phi) is 6.50. The van der Waals surface area contributed by atoms with Gasteiger partial charge in [0.05, 0.1) is 0 Å². The summed E-state index contributed by atoms with van der Waals surface area (Å²) in [6.45, 7) is 0. The number of hydrogen-bond donors (Lipinski definition) is 6. The van der Waals surface area contributed by atoms with Gasteiger partial charge < -0.3 is 25.3 Å². The van der Waals surface area contributed by atoms with Gasteiger partial charge in [0.1, 0.15) is 0 Å². The molecule has 0 aromatic heterocycles. The third kappa shape index (κ3) is 6.12. The quantitative estimate of drug-likeness (QED) is 0.248. The smallest absolute Gasteiger partial charge is 0.341 e. The summed E-state index contributed by atoms with van der Waals surface area (Å²) in [5.74, 6) is 0. The van der Waals surface area contributed by atoms with Crippen LogP contribution in [-0.2, 0) is 15.6 Å². The van der Waals surface area contributed by atoms with Crippen molar-refractivity contribution in [3.05, 3.63) is 29.8 Å². The first-order chi connectivity index (χ1) is 9.51. The molecular weight excluding hydrogens is 336 g/mol. The standard InChI is InChI=1S/C11H19NO6P2S/c12-9-6-4-8(5-7-9)2-1-3-10(21)11(19(13,14)15)20(16,17)18/h4-7,10-11,21H,1-3,12H2,(H2,13,14,15)(H2,16,17,18). The Morgan fingerprint density at radius 3 is 1.95 bits per heavy atom. The molecule has 0 saturated carbocycles. The molecular formula is C11H19NO6P2S. The van der Waals surface area contributed by atoms with Crippen molar-refractivity contribution in [2.24, 2.45) is 0 Å². The summed E-state index contributed by atoms with van der Waals surface area (Å²) in [6, 6.07) is 7.13. The number of anilines is 1. The van der Waals surface area contributed by atoms with Crippen molar-refractivity contribution in [3.63, 3.8) is 0 Å². The van der Waals surface area contributed by atoms with Crippen LogP contribution < -0.4 is 5.73 Å². The van der Waals surface area contributed by atoms with E-state index in [9.17, 15) is 9.13 Å². The molecule has 0 aliphatic carbocycles. The van der Waals surface area contributed by atoms with Gasteiger partial charge >= 0.3 is 15.2 Å². The maximum absolute atomic E-state index is 11.2. The third-order valence-corrected chi connectivity index (χ3v) is 7.91. The lowest BCUT2D eigenvalue weighted by atomic mass is 10.1. The molecule has 0 aliphatic rings. The summed E-state index contributed by atoms with van der Waals surface area (Å²) in [4.78, 5) is 36.3. The number of nitrogen functional groups attached to an aromatic ring is 1. The first-order valence-corrected chi connectivity index (χ1v) is 10.0. The van der Waals surface area contributed by atoms with Gasteiger partial charge in [-0.05, 0) is 37.0 Å². The Bertz CT molecular complexity index is 532. The Morgan fingerprint density at radius 2 is 1.52 bits per heavy atom. The number of benzene rings is 1. The first kappa shape index (κ1) is 18.7. The van der Waals surface area contributed by atoms with E-state index < -0.39 is 25.8 Å². The number of nitrogens with two attached hydrogens (primary N) is 1. The normalized spacial score (nSPS) is 14.4. The number of rotatable bonds is 7. The van der Waals surface area contributed by atoms with Gasteiger partial charge in [-0.25, -0.2) is 0 Å². The Hall–Kier alpha value is -0.330. The summed E-state index contributed by atoms with van der Waals surface area (Å²) < 4.78 is 22.5. The molecule has 120 valence electrons. The number of hydrogen-bond acceptors (Lipinski definition) is 4. The van der Waals surface area contributed by atoms with Gasteiger partial charge in [0, 0.05) is 10.9 Å². The van der Waals surface area contributed by atoms with Gasteiger partial charge in [0.15, 0.2) is 5.40 Å². The van der Waals surface area contributed by atoms with E-state index in [1.165, 1.54) is 0 Å². The summed E-state index contributed by atoms with van der Waals surface area (Å²) >= 11 is 3.97. The molecule has 1 atom stereocenters. The Balaban J connectivity index is 2.63. The minimum Gasteiger partial charge on any atom is -0.399 e. The fourth-order valence-electron chi connectivity index (χ4n) is 1.99. The van der Waals surface area contributed by atoms with Gasteiger partial charge in [-0.1, -0.05) is 12.1 Å². The van der Waals surface area contributed by atoms with Crippen LogP contribution in [0, 0.1) is 0 Å². The van der Waals surface area contributed by atoms with Crippen LogP contribution >= 0.6 is 27.8 Å². The molecule has 0 fully saturated rings. The molecule has 0 aliphatic heterocycles. The minimum atomic E-state index is -4.93. The molecule has 0 heterocycles. The zero-order chi connectivity index (χ0) is 16.3. The molecule has 6 N–H and O–H groups in total. The molecule has 10 heteroatoms. The fraction of sp³-hybridized carbons (Fsp3) is 0.455. The highest BCUT2D eigenvalue weighted by Crippen LogP contribution is 2.62. The monoisotopic (exact) mass is 355 g/mol. The lowest BCUT2D eigenvalue weighted by Crippen LogP contribution is -2.22. The van der Waals surface area contributed by atoms with Gasteiger partial charge in [-0.2, -0.15) is 12.6 Å². The van der Waals surface area contributed by atoms with Crippen molar-refractivity contribution in [2.45, 2.75) is 29.9 Å². The van der Waals surface area contributed by atoms with Crippen LogP contribution in [0.1, 0.15) is 18.4 Å². The van der Waals surface area contributed by atoms with E-state index in [1.807, 2.05) is 12.1 Å². The second-order valence-corrected chi connectivity index (χ2v) is 9.33. The SMILES string of the molecule is Nc1ccc(CCCC(S)C(P(=O)(O)O)P(=O)(O)O)cc1. The summed E-state index contributed by atoms with van der Waals surface area (Å²) in [6.07, 6.45) is 1.27. The van der Waals surface area contributed by atoms with Crippen LogP contribution in [0.2, 0.25) is 0 Å². The van der Waals surface area contributed by atoms with E-state index in [0.29, 0.717) is 18.5 Å². The van der Waals surface area contributed by atoms with Crippen molar-refractivity contribution in [1.82, 2.24) is 0 Å². The highest BCUT2D eigenvalue weighted by atomic mass is 32.1. The maximum atomic E-state index is 11.2. The van der Waals surface area contributed by atoms with E-state index >= 15 is 0 Å². The van der Waals surface area contributed by atoms with Crippen LogP contribution in [0.3, 0.4) is 0 Å². The fourth-order valence-corrected chi connectivity index (χ4v) is 5.98. The average molecular weight is 355 g/mol. The van der Waals surface area contributed by atoms with Crippen molar-refractivity contribution >= 4 is 33.5 Å². The molecule has 1 rings (SSSR count). The van der Waals surface area contributed by atoms with Crippen molar-refractivity contribution < 1.29 is 28.7 Å². The van der Waals surface area contributed by atoms with Crippen LogP contribution in [0.15, 0.2) is 24.3 Å². The van der Waals surface area contributed by atoms with Crippen molar-refractivity contribution in [1.29, 1.82) is 0 Å². The van der Waals surface area contributed by atoms with E-state index in [1.54, 1.807) is 12.1 Å². The van der Waals surface area contributed by atoms with Crippen LogP contribution in [0.4, 0.5) is 5.69 Å². The third-order valence-electron chi connectivity index (χ3n) is 2.98. The highest BCUT2D eigenvalue weighted by Gasteiger charge is 2.47. The molecule has 0 amide bonds. The van der Waals surface area contributed by atoms with Crippen LogP contribution in [-0.4, -0.2) is 30.2 Å². The topological polar surface area (TPSA) is 141 Å². The molecule has 1 aromatic rings. The second-order valence-electron chi connectivity index (χ2n) is 4.79. The van der Waals surface area contributed by atoms with Crippen LogP contribution in [0.5, 0.6) is 0 Å². The Morgan fingerprint density at radius 1 is 1.05 bits per heavy atom. The summed E-state index contributed by atoms with van der Waals surface area (Å²) in [7, 11) is -9.86. The van der Waals surface area contributed by atoms with Gasteiger partial charge in [0.2, 0.25) is 0 Å². The van der Waals surface area contributed by atoms with E-state index in [-0.39, 0.29) is 6.42 Å². The van der Waals surface area contributed by atoms with E-state index in [0.717, 1.165) is 5.56 Å². The summed E-state index contributed by atoms with van der Waals surface area (Å²) in [5, 5.41) is -3.15. The molecule has 0 saturated heterocycles. The van der Waals surface area contributed by atoms with Crippen molar-refractivity contribution in [2.75, 3.05) is 5.73 Å². The van der Waals surface area contributed by atoms with E-state index in [4.69, 9.17) is 25.3 Å². The minimum absolute atomic E-state index is 0.175. The largest absolute Gasteiger partial charge is 0.399 e. The zero-order valence-electron chi connectivity index (χ0n) is 11.1. The molecule has 0 bridgehead atoms. The molecule has 0 spiro atoms. The Labute approximate surface area is 128 Å². The average Bonchev–Trinajstić information content (AvgIpc) is 2.27. The number of aryl methyl sites for hydroxylation is 1. The molecule has 0 radical (unpaired) electrons. The lowest BCUT2D eigenvalue weighted by Gasteiger charge is -2.24. The molecule has 7 nitrogen and oxygen atoms in total. The number of thiol groups is 1. The van der Waals surface area contributed by atoms with Gasteiger partial charge in [-0.3, -0.25) is 9.13 Å². The molecule has 1 unspecified atom stereocenters. The summed E-state index contributed by atoms with van der Waals surface area (Å²) in [5.41, 5.74) is 7.17. The molecule has 1 aromatic carbocycles. The molecule has 21 heavy (non-hydrogen) atoms. The maximum Gasteiger partial charge on any atom is 0.341 e. The van der Waals surface area contributed by atoms with Gasteiger partial charge in [-0.15, -0.1) is 0 Å². The second kappa shape index (κ2) is 7.29.